The summed E-state index contributed by atoms with van der Waals surface area (Å²) in [7, 11) is 0. The number of nitrogens with one attached hydrogen (secondary N) is 1. The lowest BCUT2D eigenvalue weighted by Gasteiger charge is -2.13. The molecule has 1 amide bonds. The number of nitrogens with zero attached hydrogens (tertiary/aromatic N) is 4. The van der Waals surface area contributed by atoms with Gasteiger partial charge in [0.1, 0.15) is 6.33 Å². The molecule has 1 heterocycles. The number of carbonyl (C=O) groups is 1. The normalized spacial score (nSPS) is 26.4. The standard InChI is InChI=1S/C15H17N5O/c1-9-4-13(2-3-14(9)20-8-16-18-19-20)17-15(21)12-6-10-5-11(10)7-12/h2-4,8,10-12H,5-7H2,1H3,(H,17,21). The second-order valence-corrected chi connectivity index (χ2v) is 6.17. The Morgan fingerprint density at radius 2 is 2.10 bits per heavy atom. The number of hydrogen-bond donors (Lipinski definition) is 1. The minimum absolute atomic E-state index is 0.164. The molecule has 2 aromatic rings. The molecule has 108 valence electrons. The summed E-state index contributed by atoms with van der Waals surface area (Å²) in [6.45, 7) is 1.98. The highest BCUT2D eigenvalue weighted by Gasteiger charge is 2.47. The maximum Gasteiger partial charge on any atom is 0.227 e. The van der Waals surface area contributed by atoms with Crippen molar-refractivity contribution in [2.24, 2.45) is 17.8 Å². The number of aromatic nitrogens is 4. The van der Waals surface area contributed by atoms with Crippen molar-refractivity contribution in [3.63, 3.8) is 0 Å². The molecule has 4 rings (SSSR count). The van der Waals surface area contributed by atoms with E-state index in [9.17, 15) is 4.79 Å². The van der Waals surface area contributed by atoms with Crippen molar-refractivity contribution in [3.05, 3.63) is 30.1 Å². The summed E-state index contributed by atoms with van der Waals surface area (Å²) in [5.74, 6) is 2.01. The fourth-order valence-corrected chi connectivity index (χ4v) is 3.44. The third-order valence-corrected chi connectivity index (χ3v) is 4.67. The molecule has 1 N–H and O–H groups in total. The second kappa shape index (κ2) is 4.65. The number of carbonyl (C=O) groups excluding carboxylic acids is 1. The Labute approximate surface area is 122 Å². The maximum absolute atomic E-state index is 12.3. The molecular formula is C15H17N5O. The van der Waals surface area contributed by atoms with Crippen molar-refractivity contribution in [1.29, 1.82) is 0 Å². The second-order valence-electron chi connectivity index (χ2n) is 6.17. The molecule has 2 aliphatic rings. The first-order valence-electron chi connectivity index (χ1n) is 7.35. The minimum Gasteiger partial charge on any atom is -0.326 e. The summed E-state index contributed by atoms with van der Waals surface area (Å²) in [6.07, 6.45) is 5.03. The van der Waals surface area contributed by atoms with Crippen LogP contribution in [-0.4, -0.2) is 26.1 Å². The van der Waals surface area contributed by atoms with Crippen LogP contribution in [0, 0.1) is 24.7 Å². The molecule has 21 heavy (non-hydrogen) atoms. The number of benzene rings is 1. The SMILES string of the molecule is Cc1cc(NC(=O)C2CC3CC3C2)ccc1-n1cnnn1. The van der Waals surface area contributed by atoms with Crippen molar-refractivity contribution in [2.45, 2.75) is 26.2 Å². The molecular weight excluding hydrogens is 266 g/mol. The van der Waals surface area contributed by atoms with Crippen molar-refractivity contribution < 1.29 is 4.79 Å². The van der Waals surface area contributed by atoms with Crippen LogP contribution in [0.4, 0.5) is 5.69 Å². The molecule has 0 radical (unpaired) electrons. The van der Waals surface area contributed by atoms with Crippen LogP contribution >= 0.6 is 0 Å². The monoisotopic (exact) mass is 283 g/mol. The summed E-state index contributed by atoms with van der Waals surface area (Å²) >= 11 is 0. The molecule has 2 aliphatic carbocycles. The number of amides is 1. The molecule has 1 aromatic carbocycles. The predicted molar refractivity (Wildman–Crippen MR) is 76.8 cm³/mol. The van der Waals surface area contributed by atoms with Gasteiger partial charge in [0, 0.05) is 11.6 Å². The van der Waals surface area contributed by atoms with Crippen LogP contribution in [0.5, 0.6) is 0 Å². The van der Waals surface area contributed by atoms with E-state index in [-0.39, 0.29) is 11.8 Å². The van der Waals surface area contributed by atoms with Gasteiger partial charge >= 0.3 is 0 Å². The summed E-state index contributed by atoms with van der Waals surface area (Å²) in [4.78, 5) is 12.3. The molecule has 0 saturated heterocycles. The van der Waals surface area contributed by atoms with Gasteiger partial charge in [0.2, 0.25) is 5.91 Å². The molecule has 2 unspecified atom stereocenters. The van der Waals surface area contributed by atoms with Gasteiger partial charge in [-0.25, -0.2) is 4.68 Å². The fraction of sp³-hybridized carbons (Fsp3) is 0.467. The average molecular weight is 283 g/mol. The quantitative estimate of drug-likeness (QED) is 0.934. The van der Waals surface area contributed by atoms with Crippen molar-refractivity contribution in [3.8, 4) is 5.69 Å². The van der Waals surface area contributed by atoms with E-state index in [4.69, 9.17) is 0 Å². The van der Waals surface area contributed by atoms with E-state index in [1.165, 1.54) is 6.42 Å². The van der Waals surface area contributed by atoms with Gasteiger partial charge in [-0.3, -0.25) is 4.79 Å². The topological polar surface area (TPSA) is 72.7 Å². The number of rotatable bonds is 3. The average Bonchev–Trinajstić information content (AvgIpc) is 2.92. The Kier molecular flexibility index (Phi) is 2.77. The first-order chi connectivity index (χ1) is 10.2. The van der Waals surface area contributed by atoms with Crippen molar-refractivity contribution in [2.75, 3.05) is 5.32 Å². The largest absolute Gasteiger partial charge is 0.326 e. The lowest BCUT2D eigenvalue weighted by Crippen LogP contribution is -2.21. The number of tetrazole rings is 1. The van der Waals surface area contributed by atoms with Crippen LogP contribution in [0.2, 0.25) is 0 Å². The minimum atomic E-state index is 0.164. The molecule has 2 atom stereocenters. The van der Waals surface area contributed by atoms with Gasteiger partial charge < -0.3 is 5.32 Å². The van der Waals surface area contributed by atoms with Crippen molar-refractivity contribution in [1.82, 2.24) is 20.2 Å². The highest BCUT2D eigenvalue weighted by Crippen LogP contribution is 2.54. The van der Waals surface area contributed by atoms with Crippen LogP contribution in [0.3, 0.4) is 0 Å². The van der Waals surface area contributed by atoms with Gasteiger partial charge in [-0.15, -0.1) is 5.10 Å². The predicted octanol–water partition coefficient (Wildman–Crippen LogP) is 1.96. The Morgan fingerprint density at radius 3 is 2.76 bits per heavy atom. The van der Waals surface area contributed by atoms with E-state index in [0.717, 1.165) is 41.6 Å². The number of anilines is 1. The maximum atomic E-state index is 12.3. The van der Waals surface area contributed by atoms with Gasteiger partial charge in [0.05, 0.1) is 5.69 Å². The van der Waals surface area contributed by atoms with E-state index < -0.39 is 0 Å². The van der Waals surface area contributed by atoms with E-state index in [1.807, 2.05) is 25.1 Å². The zero-order valence-corrected chi connectivity index (χ0v) is 11.9. The molecule has 0 bridgehead atoms. The van der Waals surface area contributed by atoms with Crippen LogP contribution in [0.25, 0.3) is 5.69 Å². The van der Waals surface area contributed by atoms with E-state index >= 15 is 0 Å². The number of fused-ring (bicyclic) bond motifs is 1. The van der Waals surface area contributed by atoms with Crippen molar-refractivity contribution >= 4 is 11.6 Å². The van der Waals surface area contributed by atoms with Crippen LogP contribution < -0.4 is 5.32 Å². The molecule has 2 fully saturated rings. The van der Waals surface area contributed by atoms with Gasteiger partial charge in [0.25, 0.3) is 0 Å². The molecule has 6 heteroatoms. The lowest BCUT2D eigenvalue weighted by atomic mass is 10.0. The zero-order chi connectivity index (χ0) is 14.4. The summed E-state index contributed by atoms with van der Waals surface area (Å²) < 4.78 is 1.62. The van der Waals surface area contributed by atoms with Gasteiger partial charge in [0.15, 0.2) is 0 Å². The number of aryl methyl sites for hydroxylation is 1. The van der Waals surface area contributed by atoms with E-state index in [0.29, 0.717) is 0 Å². The number of hydrogen-bond acceptors (Lipinski definition) is 4. The molecule has 2 saturated carbocycles. The Morgan fingerprint density at radius 1 is 1.29 bits per heavy atom. The summed E-state index contributed by atoms with van der Waals surface area (Å²) in [5, 5.41) is 14.2. The third-order valence-electron chi connectivity index (χ3n) is 4.67. The first-order valence-corrected chi connectivity index (χ1v) is 7.35. The third kappa shape index (κ3) is 2.30. The van der Waals surface area contributed by atoms with E-state index in [2.05, 4.69) is 20.8 Å². The lowest BCUT2D eigenvalue weighted by molar-refractivity contribution is -0.120. The Hall–Kier alpha value is -2.24. The van der Waals surface area contributed by atoms with E-state index in [1.54, 1.807) is 11.0 Å². The van der Waals surface area contributed by atoms with Crippen LogP contribution in [0.15, 0.2) is 24.5 Å². The fourth-order valence-electron chi connectivity index (χ4n) is 3.44. The molecule has 0 aliphatic heterocycles. The zero-order valence-electron chi connectivity index (χ0n) is 11.9. The molecule has 0 spiro atoms. The summed E-state index contributed by atoms with van der Waals surface area (Å²) in [5.41, 5.74) is 2.78. The van der Waals surface area contributed by atoms with Crippen LogP contribution in [0.1, 0.15) is 24.8 Å². The smallest absolute Gasteiger partial charge is 0.227 e. The van der Waals surface area contributed by atoms with Gasteiger partial charge in [-0.05, 0) is 72.2 Å². The molecule has 1 aromatic heterocycles. The Balaban J connectivity index is 1.48. The highest BCUT2D eigenvalue weighted by atomic mass is 16.1. The van der Waals surface area contributed by atoms with Gasteiger partial charge in [-0.1, -0.05) is 0 Å². The highest BCUT2D eigenvalue weighted by molar-refractivity contribution is 5.93. The van der Waals surface area contributed by atoms with Gasteiger partial charge in [-0.2, -0.15) is 0 Å². The summed E-state index contributed by atoms with van der Waals surface area (Å²) in [6, 6.07) is 5.79. The Bertz CT molecular complexity index is 671. The molecule has 6 nitrogen and oxygen atoms in total. The van der Waals surface area contributed by atoms with Crippen LogP contribution in [-0.2, 0) is 4.79 Å². The first kappa shape index (κ1) is 12.5.